The van der Waals surface area contributed by atoms with E-state index in [1.165, 1.54) is 0 Å². The number of amides is 1. The van der Waals surface area contributed by atoms with Crippen molar-refractivity contribution in [3.8, 4) is 0 Å². The Morgan fingerprint density at radius 1 is 1.40 bits per heavy atom. The van der Waals surface area contributed by atoms with Crippen molar-refractivity contribution in [2.24, 2.45) is 5.84 Å². The molecular formula is C15H24N4O. The molecule has 5 heteroatoms. The summed E-state index contributed by atoms with van der Waals surface area (Å²) < 4.78 is 0. The van der Waals surface area contributed by atoms with Crippen molar-refractivity contribution in [1.29, 1.82) is 0 Å². The molecular weight excluding hydrogens is 252 g/mol. The molecule has 0 spiro atoms. The number of carbonyl (C=O) groups is 1. The number of likely N-dealkylation sites (N-methyl/N-ethyl adjacent to an activating group) is 1. The predicted octanol–water partition coefficient (Wildman–Crippen LogP) is 0.396. The normalized spacial score (nSPS) is 22.4. The average Bonchev–Trinajstić information content (AvgIpc) is 2.48. The topological polar surface area (TPSA) is 61.6 Å². The minimum atomic E-state index is -0.211. The van der Waals surface area contributed by atoms with E-state index in [0.29, 0.717) is 12.6 Å². The van der Waals surface area contributed by atoms with Crippen LogP contribution < -0.4 is 11.3 Å². The maximum Gasteiger partial charge on any atom is 0.242 e. The van der Waals surface area contributed by atoms with Gasteiger partial charge in [0.25, 0.3) is 0 Å². The highest BCUT2D eigenvalue weighted by molar-refractivity contribution is 5.83. The molecule has 1 fully saturated rings. The quantitative estimate of drug-likeness (QED) is 0.475. The van der Waals surface area contributed by atoms with Gasteiger partial charge in [0.05, 0.1) is 5.92 Å². The third-order valence-electron chi connectivity index (χ3n) is 4.15. The molecule has 0 radical (unpaired) electrons. The Morgan fingerprint density at radius 3 is 2.70 bits per heavy atom. The van der Waals surface area contributed by atoms with Crippen molar-refractivity contribution in [3.05, 3.63) is 35.9 Å². The van der Waals surface area contributed by atoms with Crippen molar-refractivity contribution < 1.29 is 4.79 Å². The number of carbonyl (C=O) groups excluding carboxylic acids is 1. The van der Waals surface area contributed by atoms with Crippen LogP contribution in [0, 0.1) is 0 Å². The fourth-order valence-corrected chi connectivity index (χ4v) is 2.67. The first kappa shape index (κ1) is 15.0. The molecule has 5 nitrogen and oxygen atoms in total. The Kier molecular flexibility index (Phi) is 5.11. The van der Waals surface area contributed by atoms with Crippen LogP contribution in [0.3, 0.4) is 0 Å². The van der Waals surface area contributed by atoms with Crippen LogP contribution in [0.5, 0.6) is 0 Å². The fourth-order valence-electron chi connectivity index (χ4n) is 2.67. The summed E-state index contributed by atoms with van der Waals surface area (Å²) in [5.74, 6) is 5.00. The molecule has 2 atom stereocenters. The van der Waals surface area contributed by atoms with Gasteiger partial charge in [-0.25, -0.2) is 5.84 Å². The highest BCUT2D eigenvalue weighted by Crippen LogP contribution is 2.19. The van der Waals surface area contributed by atoms with E-state index >= 15 is 0 Å². The summed E-state index contributed by atoms with van der Waals surface area (Å²) in [5.41, 5.74) is 3.31. The summed E-state index contributed by atoms with van der Waals surface area (Å²) in [6.07, 6.45) is 0. The molecule has 2 unspecified atom stereocenters. The number of rotatable bonds is 4. The van der Waals surface area contributed by atoms with Gasteiger partial charge in [-0.3, -0.25) is 15.1 Å². The van der Waals surface area contributed by atoms with E-state index < -0.39 is 0 Å². The minimum Gasteiger partial charge on any atom is -0.301 e. The molecule has 1 saturated heterocycles. The largest absolute Gasteiger partial charge is 0.301 e. The highest BCUT2D eigenvalue weighted by Gasteiger charge is 2.27. The molecule has 0 saturated carbocycles. The third kappa shape index (κ3) is 3.56. The molecule has 1 aromatic rings. The lowest BCUT2D eigenvalue weighted by Gasteiger charge is -2.38. The van der Waals surface area contributed by atoms with Gasteiger partial charge in [-0.15, -0.1) is 0 Å². The number of hydrazine groups is 1. The Balaban J connectivity index is 2.07. The Labute approximate surface area is 120 Å². The predicted molar refractivity (Wildman–Crippen MR) is 80.0 cm³/mol. The van der Waals surface area contributed by atoms with Crippen LogP contribution in [0.2, 0.25) is 0 Å². The molecule has 1 aliphatic rings. The summed E-state index contributed by atoms with van der Waals surface area (Å²) in [5, 5.41) is 0. The summed E-state index contributed by atoms with van der Waals surface area (Å²) in [7, 11) is 2.14. The first-order valence-electron chi connectivity index (χ1n) is 7.10. The number of hydrogen-bond acceptors (Lipinski definition) is 4. The van der Waals surface area contributed by atoms with Crippen LogP contribution in [0.15, 0.2) is 30.3 Å². The third-order valence-corrected chi connectivity index (χ3v) is 4.15. The van der Waals surface area contributed by atoms with Crippen molar-refractivity contribution in [1.82, 2.24) is 15.2 Å². The molecule has 1 aliphatic heterocycles. The zero-order valence-electron chi connectivity index (χ0n) is 12.2. The lowest BCUT2D eigenvalue weighted by Crippen LogP contribution is -2.52. The smallest absolute Gasteiger partial charge is 0.242 e. The Bertz CT molecular complexity index is 437. The van der Waals surface area contributed by atoms with E-state index in [1.54, 1.807) is 0 Å². The Hall–Kier alpha value is -1.43. The number of hydrogen-bond donors (Lipinski definition) is 2. The molecule has 20 heavy (non-hydrogen) atoms. The van der Waals surface area contributed by atoms with Crippen LogP contribution in [0.25, 0.3) is 0 Å². The molecule has 110 valence electrons. The minimum absolute atomic E-state index is 0.122. The number of nitrogens with two attached hydrogens (primary N) is 1. The van der Waals surface area contributed by atoms with Crippen LogP contribution in [0.4, 0.5) is 0 Å². The van der Waals surface area contributed by atoms with Gasteiger partial charge >= 0.3 is 0 Å². The number of nitrogens with one attached hydrogen (secondary N) is 1. The molecule has 3 N–H and O–H groups in total. The molecule has 0 bridgehead atoms. The summed E-state index contributed by atoms with van der Waals surface area (Å²) in [6.45, 7) is 5.94. The number of nitrogens with zero attached hydrogens (tertiary/aromatic N) is 2. The highest BCUT2D eigenvalue weighted by atomic mass is 16.2. The first-order chi connectivity index (χ1) is 9.61. The Morgan fingerprint density at radius 2 is 2.10 bits per heavy atom. The van der Waals surface area contributed by atoms with Crippen molar-refractivity contribution in [2.45, 2.75) is 18.9 Å². The van der Waals surface area contributed by atoms with E-state index in [-0.39, 0.29) is 11.8 Å². The zero-order chi connectivity index (χ0) is 14.5. The van der Waals surface area contributed by atoms with Crippen molar-refractivity contribution >= 4 is 5.91 Å². The maximum atomic E-state index is 12.1. The van der Waals surface area contributed by atoms with Gasteiger partial charge < -0.3 is 4.90 Å². The molecule has 1 heterocycles. The standard InChI is InChI=1S/C15H24N4O/c1-12-10-19(9-8-18(12)2)11-14(15(20)17-16)13-6-4-3-5-7-13/h3-7,12,14H,8-11,16H2,1-2H3,(H,17,20). The monoisotopic (exact) mass is 276 g/mol. The second-order valence-electron chi connectivity index (χ2n) is 5.56. The van der Waals surface area contributed by atoms with Gasteiger partial charge in [-0.1, -0.05) is 30.3 Å². The van der Waals surface area contributed by atoms with Crippen LogP contribution >= 0.6 is 0 Å². The van der Waals surface area contributed by atoms with Gasteiger partial charge in [-0.05, 0) is 19.5 Å². The second-order valence-corrected chi connectivity index (χ2v) is 5.56. The number of piperazine rings is 1. The van der Waals surface area contributed by atoms with Gasteiger partial charge in [0.15, 0.2) is 0 Å². The van der Waals surface area contributed by atoms with Gasteiger partial charge in [0.1, 0.15) is 0 Å². The van der Waals surface area contributed by atoms with Crippen LogP contribution in [-0.4, -0.2) is 55.0 Å². The fraction of sp³-hybridized carbons (Fsp3) is 0.533. The van der Waals surface area contributed by atoms with E-state index in [0.717, 1.165) is 25.2 Å². The molecule has 1 amide bonds. The second kappa shape index (κ2) is 6.83. The lowest BCUT2D eigenvalue weighted by molar-refractivity contribution is -0.123. The molecule has 1 aromatic carbocycles. The average molecular weight is 276 g/mol. The van der Waals surface area contributed by atoms with E-state index in [1.807, 2.05) is 30.3 Å². The van der Waals surface area contributed by atoms with E-state index in [2.05, 4.69) is 29.2 Å². The van der Waals surface area contributed by atoms with E-state index in [4.69, 9.17) is 5.84 Å². The summed E-state index contributed by atoms with van der Waals surface area (Å²) >= 11 is 0. The van der Waals surface area contributed by atoms with Crippen LogP contribution in [-0.2, 0) is 4.79 Å². The van der Waals surface area contributed by atoms with E-state index in [9.17, 15) is 4.79 Å². The summed E-state index contributed by atoms with van der Waals surface area (Å²) in [4.78, 5) is 16.7. The van der Waals surface area contributed by atoms with Crippen molar-refractivity contribution in [3.63, 3.8) is 0 Å². The van der Waals surface area contributed by atoms with Gasteiger partial charge in [0.2, 0.25) is 5.91 Å². The lowest BCUT2D eigenvalue weighted by atomic mass is 9.97. The first-order valence-corrected chi connectivity index (χ1v) is 7.10. The maximum absolute atomic E-state index is 12.1. The van der Waals surface area contributed by atoms with Gasteiger partial charge in [0, 0.05) is 32.2 Å². The van der Waals surface area contributed by atoms with Crippen LogP contribution in [0.1, 0.15) is 18.4 Å². The molecule has 0 aliphatic carbocycles. The molecule has 0 aromatic heterocycles. The molecule has 2 rings (SSSR count). The summed E-state index contributed by atoms with van der Waals surface area (Å²) in [6, 6.07) is 10.4. The number of benzene rings is 1. The van der Waals surface area contributed by atoms with Crippen molar-refractivity contribution in [2.75, 3.05) is 33.2 Å². The van der Waals surface area contributed by atoms with Gasteiger partial charge in [-0.2, -0.15) is 0 Å². The zero-order valence-corrected chi connectivity index (χ0v) is 12.2. The SMILES string of the molecule is CC1CN(CC(C(=O)NN)c2ccccc2)CCN1C.